The van der Waals surface area contributed by atoms with Crippen LogP contribution in [0.1, 0.15) is 19.2 Å². The van der Waals surface area contributed by atoms with Crippen molar-refractivity contribution in [3.05, 3.63) is 84.8 Å². The summed E-state index contributed by atoms with van der Waals surface area (Å²) in [7, 11) is 1.52. The molecular formula is C27H25N3O4. The normalized spacial score (nSPS) is 10.5. The van der Waals surface area contributed by atoms with E-state index in [0.717, 1.165) is 16.8 Å². The second-order valence-corrected chi connectivity index (χ2v) is 7.66. The van der Waals surface area contributed by atoms with Crippen molar-refractivity contribution in [2.24, 2.45) is 0 Å². The zero-order chi connectivity index (χ0) is 23.9. The summed E-state index contributed by atoms with van der Waals surface area (Å²) in [4.78, 5) is 28.7. The number of oxazole rings is 1. The predicted octanol–water partition coefficient (Wildman–Crippen LogP) is 5.55. The highest BCUT2D eigenvalue weighted by molar-refractivity contribution is 5.94. The number of methoxy groups -OCH3 is 1. The molecule has 4 rings (SSSR count). The van der Waals surface area contributed by atoms with Crippen molar-refractivity contribution in [3.8, 4) is 28.3 Å². The average molecular weight is 456 g/mol. The summed E-state index contributed by atoms with van der Waals surface area (Å²) in [6.07, 6.45) is 0.525. The number of ether oxygens (including phenoxy) is 1. The number of carbonyl (C=O) groups is 2. The van der Waals surface area contributed by atoms with Gasteiger partial charge >= 0.3 is 0 Å². The third-order valence-corrected chi connectivity index (χ3v) is 5.11. The van der Waals surface area contributed by atoms with Crippen molar-refractivity contribution in [2.45, 2.75) is 19.8 Å². The van der Waals surface area contributed by atoms with Gasteiger partial charge in [-0.2, -0.15) is 0 Å². The third kappa shape index (κ3) is 5.50. The minimum atomic E-state index is -0.228. The van der Waals surface area contributed by atoms with Crippen LogP contribution in [-0.4, -0.2) is 23.9 Å². The summed E-state index contributed by atoms with van der Waals surface area (Å²) < 4.78 is 11.3. The smallest absolute Gasteiger partial charge is 0.224 e. The number of nitrogens with zero attached hydrogens (tertiary/aromatic N) is 1. The van der Waals surface area contributed by atoms with Gasteiger partial charge < -0.3 is 19.8 Å². The highest BCUT2D eigenvalue weighted by Crippen LogP contribution is 2.33. The molecule has 0 atom stereocenters. The van der Waals surface area contributed by atoms with Gasteiger partial charge in [0.2, 0.25) is 11.8 Å². The van der Waals surface area contributed by atoms with Crippen LogP contribution < -0.4 is 15.4 Å². The Balaban J connectivity index is 1.49. The maximum atomic E-state index is 12.6. The molecule has 0 saturated heterocycles. The summed E-state index contributed by atoms with van der Waals surface area (Å²) in [5.74, 6) is 1.25. The van der Waals surface area contributed by atoms with Gasteiger partial charge in [-0.15, -0.1) is 0 Å². The molecule has 3 aromatic carbocycles. The first kappa shape index (κ1) is 22.8. The van der Waals surface area contributed by atoms with Crippen LogP contribution in [0.2, 0.25) is 0 Å². The first-order valence-electron chi connectivity index (χ1n) is 10.9. The number of nitrogens with one attached hydrogen (secondary N) is 2. The molecule has 0 radical (unpaired) electrons. The summed E-state index contributed by atoms with van der Waals surface area (Å²) >= 11 is 0. The van der Waals surface area contributed by atoms with Crippen LogP contribution >= 0.6 is 0 Å². The van der Waals surface area contributed by atoms with Crippen molar-refractivity contribution < 1.29 is 18.7 Å². The zero-order valence-corrected chi connectivity index (χ0v) is 19.0. The molecule has 0 fully saturated rings. The molecule has 0 unspecified atom stereocenters. The van der Waals surface area contributed by atoms with Crippen LogP contribution in [0, 0.1) is 0 Å². The van der Waals surface area contributed by atoms with E-state index in [2.05, 4.69) is 10.6 Å². The first-order valence-corrected chi connectivity index (χ1v) is 10.9. The molecule has 0 saturated carbocycles. The molecule has 0 spiro atoms. The van der Waals surface area contributed by atoms with E-state index in [0.29, 0.717) is 35.2 Å². The second-order valence-electron chi connectivity index (χ2n) is 7.66. The maximum absolute atomic E-state index is 12.6. The number of rotatable bonds is 8. The lowest BCUT2D eigenvalue weighted by Gasteiger charge is -2.11. The lowest BCUT2D eigenvalue weighted by atomic mass is 10.1. The summed E-state index contributed by atoms with van der Waals surface area (Å²) in [6.45, 7) is 1.41. The van der Waals surface area contributed by atoms with Gasteiger partial charge in [0.25, 0.3) is 0 Å². The fraction of sp³-hybridized carbons (Fsp3) is 0.148. The van der Waals surface area contributed by atoms with E-state index in [4.69, 9.17) is 14.1 Å². The molecule has 1 aromatic heterocycles. The van der Waals surface area contributed by atoms with Gasteiger partial charge in [-0.25, -0.2) is 4.98 Å². The molecule has 1 heterocycles. The van der Waals surface area contributed by atoms with Crippen LogP contribution in [-0.2, 0) is 16.0 Å². The number of anilines is 2. The number of amides is 2. The number of aromatic nitrogens is 1. The molecule has 0 bridgehead atoms. The van der Waals surface area contributed by atoms with E-state index in [1.807, 2.05) is 60.7 Å². The molecule has 2 amide bonds. The lowest BCUT2D eigenvalue weighted by Crippen LogP contribution is -2.13. The van der Waals surface area contributed by atoms with Crippen molar-refractivity contribution >= 4 is 23.2 Å². The number of carbonyl (C=O) groups excluding carboxylic acids is 2. The Morgan fingerprint density at radius 1 is 0.912 bits per heavy atom. The summed E-state index contributed by atoms with van der Waals surface area (Å²) in [5, 5.41) is 5.54. The zero-order valence-electron chi connectivity index (χ0n) is 19.0. The van der Waals surface area contributed by atoms with E-state index in [1.165, 1.54) is 14.0 Å². The van der Waals surface area contributed by atoms with E-state index in [9.17, 15) is 9.59 Å². The Hall–Kier alpha value is -4.39. The first-order chi connectivity index (χ1) is 16.5. The Morgan fingerprint density at radius 2 is 1.59 bits per heavy atom. The van der Waals surface area contributed by atoms with Crippen LogP contribution in [0.4, 0.5) is 11.4 Å². The fourth-order valence-corrected chi connectivity index (χ4v) is 3.57. The number of hydrogen-bond acceptors (Lipinski definition) is 5. The lowest BCUT2D eigenvalue weighted by molar-refractivity contribution is -0.116. The molecule has 172 valence electrons. The highest BCUT2D eigenvalue weighted by atomic mass is 16.5. The molecular weight excluding hydrogens is 430 g/mol. The SMILES string of the molecule is COc1ccc(NC(=O)CCc2nc(-c3ccccc3)c(-c3ccccc3)o2)cc1NC(C)=O. The Labute approximate surface area is 197 Å². The van der Waals surface area contributed by atoms with Crippen LogP contribution in [0.15, 0.2) is 83.3 Å². The molecule has 34 heavy (non-hydrogen) atoms. The van der Waals surface area contributed by atoms with Crippen LogP contribution in [0.25, 0.3) is 22.6 Å². The fourth-order valence-electron chi connectivity index (χ4n) is 3.57. The minimum absolute atomic E-state index is 0.185. The van der Waals surface area contributed by atoms with Crippen molar-refractivity contribution in [2.75, 3.05) is 17.7 Å². The summed E-state index contributed by atoms with van der Waals surface area (Å²) in [6, 6.07) is 24.7. The van der Waals surface area contributed by atoms with E-state index in [1.54, 1.807) is 18.2 Å². The standard InChI is InChI=1S/C27H25N3O4/c1-18(31)28-22-17-21(13-14-23(22)33-2)29-24(32)15-16-25-30-26(19-9-5-3-6-10-19)27(34-25)20-11-7-4-8-12-20/h3-14,17H,15-16H2,1-2H3,(H,28,31)(H,29,32). The van der Waals surface area contributed by atoms with E-state index in [-0.39, 0.29) is 18.2 Å². The number of benzene rings is 3. The largest absolute Gasteiger partial charge is 0.495 e. The van der Waals surface area contributed by atoms with Crippen LogP contribution in [0.5, 0.6) is 5.75 Å². The monoisotopic (exact) mass is 455 g/mol. The van der Waals surface area contributed by atoms with E-state index >= 15 is 0 Å². The molecule has 0 aliphatic rings. The maximum Gasteiger partial charge on any atom is 0.224 e. The summed E-state index contributed by atoms with van der Waals surface area (Å²) in [5.41, 5.74) is 3.66. The van der Waals surface area contributed by atoms with Gasteiger partial charge in [-0.05, 0) is 18.2 Å². The molecule has 7 heteroatoms. The average Bonchev–Trinajstić information content (AvgIpc) is 3.28. The topological polar surface area (TPSA) is 93.5 Å². The van der Waals surface area contributed by atoms with E-state index < -0.39 is 0 Å². The number of aryl methyl sites for hydroxylation is 1. The second kappa shape index (κ2) is 10.5. The van der Waals surface area contributed by atoms with Gasteiger partial charge in [0.05, 0.1) is 12.8 Å². The Morgan fingerprint density at radius 3 is 2.24 bits per heavy atom. The highest BCUT2D eigenvalue weighted by Gasteiger charge is 2.17. The molecule has 0 aliphatic heterocycles. The Kier molecular flexibility index (Phi) is 7.03. The van der Waals surface area contributed by atoms with Gasteiger partial charge in [0.15, 0.2) is 11.7 Å². The molecule has 7 nitrogen and oxygen atoms in total. The van der Waals surface area contributed by atoms with Crippen molar-refractivity contribution in [1.29, 1.82) is 0 Å². The quantitative estimate of drug-likeness (QED) is 0.363. The molecule has 4 aromatic rings. The minimum Gasteiger partial charge on any atom is -0.495 e. The number of hydrogen-bond donors (Lipinski definition) is 2. The third-order valence-electron chi connectivity index (χ3n) is 5.11. The molecule has 2 N–H and O–H groups in total. The van der Waals surface area contributed by atoms with Gasteiger partial charge in [-0.3, -0.25) is 9.59 Å². The van der Waals surface area contributed by atoms with Crippen LogP contribution in [0.3, 0.4) is 0 Å². The van der Waals surface area contributed by atoms with Gasteiger partial charge in [0, 0.05) is 36.6 Å². The van der Waals surface area contributed by atoms with Crippen molar-refractivity contribution in [3.63, 3.8) is 0 Å². The predicted molar refractivity (Wildman–Crippen MR) is 132 cm³/mol. The van der Waals surface area contributed by atoms with Crippen molar-refractivity contribution in [1.82, 2.24) is 4.98 Å². The Bertz CT molecular complexity index is 1230. The van der Waals surface area contributed by atoms with Gasteiger partial charge in [-0.1, -0.05) is 60.7 Å². The molecule has 0 aliphatic carbocycles. The van der Waals surface area contributed by atoms with Gasteiger partial charge in [0.1, 0.15) is 11.4 Å².